The number of aromatic nitrogens is 3. The molecule has 166 valence electrons. The summed E-state index contributed by atoms with van der Waals surface area (Å²) in [6.45, 7) is 6.37. The van der Waals surface area contributed by atoms with Gasteiger partial charge in [0.1, 0.15) is 17.7 Å². The van der Waals surface area contributed by atoms with Crippen LogP contribution in [0.25, 0.3) is 11.3 Å². The highest BCUT2D eigenvalue weighted by molar-refractivity contribution is 5.77. The van der Waals surface area contributed by atoms with E-state index in [-0.39, 0.29) is 0 Å². The van der Waals surface area contributed by atoms with Gasteiger partial charge in [0, 0.05) is 42.3 Å². The highest BCUT2D eigenvalue weighted by Crippen LogP contribution is 2.20. The summed E-state index contributed by atoms with van der Waals surface area (Å²) in [7, 11) is 0. The number of nitrogens with one attached hydrogen (secondary N) is 3. The van der Waals surface area contributed by atoms with Crippen LogP contribution in [0.2, 0.25) is 0 Å². The van der Waals surface area contributed by atoms with Crippen molar-refractivity contribution in [2.24, 2.45) is 0 Å². The monoisotopic (exact) mass is 434 g/mol. The number of hydrogen-bond donors (Lipinski definition) is 3. The molecule has 9 heteroatoms. The molecule has 0 aliphatic rings. The summed E-state index contributed by atoms with van der Waals surface area (Å²) in [5.41, 5.74) is 2.31. The van der Waals surface area contributed by atoms with Gasteiger partial charge in [0.2, 0.25) is 5.95 Å². The van der Waals surface area contributed by atoms with Gasteiger partial charge in [0.25, 0.3) is 0 Å². The van der Waals surface area contributed by atoms with Crippen molar-refractivity contribution < 1.29 is 14.3 Å². The molecular weight excluding hydrogens is 408 g/mol. The molecule has 0 aliphatic heterocycles. The number of aldehydes is 1. The Labute approximate surface area is 186 Å². The first kappa shape index (κ1) is 22.7. The van der Waals surface area contributed by atoms with Gasteiger partial charge in [-0.15, -0.1) is 0 Å². The zero-order valence-electron chi connectivity index (χ0n) is 18.3. The molecule has 0 saturated heterocycles. The maximum atomic E-state index is 11.6. The van der Waals surface area contributed by atoms with Gasteiger partial charge in [-0.3, -0.25) is 4.79 Å². The summed E-state index contributed by atoms with van der Waals surface area (Å²) >= 11 is 0. The molecule has 3 rings (SSSR count). The average Bonchev–Trinajstić information content (AvgIpc) is 2.76. The Balaban J connectivity index is 1.55. The third-order valence-electron chi connectivity index (χ3n) is 4.09. The SMILES string of the molecule is CC(C)(C)OC(=O)NCCNc1ccc(-c2ccnc(Nc3cccc(C=O)c3)n2)cn1. The number of amides is 1. The Kier molecular flexibility index (Phi) is 7.33. The predicted molar refractivity (Wildman–Crippen MR) is 123 cm³/mol. The second-order valence-corrected chi connectivity index (χ2v) is 7.92. The molecule has 0 spiro atoms. The lowest BCUT2D eigenvalue weighted by Crippen LogP contribution is -2.35. The lowest BCUT2D eigenvalue weighted by atomic mass is 10.2. The first-order valence-electron chi connectivity index (χ1n) is 10.1. The first-order valence-corrected chi connectivity index (χ1v) is 10.1. The molecule has 9 nitrogen and oxygen atoms in total. The number of carbonyl (C=O) groups excluding carboxylic acids is 2. The number of nitrogens with zero attached hydrogens (tertiary/aromatic N) is 3. The highest BCUT2D eigenvalue weighted by Gasteiger charge is 2.15. The second kappa shape index (κ2) is 10.3. The molecule has 0 aliphatic carbocycles. The lowest BCUT2D eigenvalue weighted by Gasteiger charge is -2.19. The van der Waals surface area contributed by atoms with Crippen LogP contribution in [0.3, 0.4) is 0 Å². The van der Waals surface area contributed by atoms with Gasteiger partial charge in [-0.1, -0.05) is 12.1 Å². The van der Waals surface area contributed by atoms with Crippen molar-refractivity contribution in [3.05, 3.63) is 60.4 Å². The molecule has 3 N–H and O–H groups in total. The number of carbonyl (C=O) groups is 2. The number of rotatable bonds is 8. The number of anilines is 3. The fraction of sp³-hybridized carbons (Fsp3) is 0.261. The minimum atomic E-state index is -0.523. The molecule has 0 atom stereocenters. The zero-order valence-corrected chi connectivity index (χ0v) is 18.3. The standard InChI is InChI=1S/C23H26N6O3/c1-23(2,3)32-22(31)26-12-11-24-20-8-7-17(14-27-20)19-9-10-25-21(29-19)28-18-6-4-5-16(13-18)15-30/h4-10,13-15H,11-12H2,1-3H3,(H,24,27)(H,26,31)(H,25,28,29). The minimum absolute atomic E-state index is 0.407. The number of benzene rings is 1. The van der Waals surface area contributed by atoms with Crippen molar-refractivity contribution in [3.63, 3.8) is 0 Å². The van der Waals surface area contributed by atoms with E-state index in [4.69, 9.17) is 4.74 Å². The van der Waals surface area contributed by atoms with Crippen molar-refractivity contribution in [1.29, 1.82) is 0 Å². The summed E-state index contributed by atoms with van der Waals surface area (Å²) in [6, 6.07) is 12.6. The van der Waals surface area contributed by atoms with Crippen LogP contribution in [-0.4, -0.2) is 46.0 Å². The van der Waals surface area contributed by atoms with Crippen LogP contribution < -0.4 is 16.0 Å². The second-order valence-electron chi connectivity index (χ2n) is 7.92. The van der Waals surface area contributed by atoms with Crippen LogP contribution in [0.15, 0.2) is 54.9 Å². The van der Waals surface area contributed by atoms with E-state index in [2.05, 4.69) is 30.9 Å². The Morgan fingerprint density at radius 2 is 1.94 bits per heavy atom. The Hall–Kier alpha value is -4.01. The summed E-state index contributed by atoms with van der Waals surface area (Å²) in [5, 5.41) is 8.93. The molecular formula is C23H26N6O3. The first-order chi connectivity index (χ1) is 15.3. The van der Waals surface area contributed by atoms with Gasteiger partial charge >= 0.3 is 6.09 Å². The van der Waals surface area contributed by atoms with Crippen molar-refractivity contribution in [2.75, 3.05) is 23.7 Å². The predicted octanol–water partition coefficient (Wildman–Crippen LogP) is 4.03. The van der Waals surface area contributed by atoms with E-state index in [0.29, 0.717) is 36.1 Å². The number of hydrogen-bond acceptors (Lipinski definition) is 8. The Morgan fingerprint density at radius 1 is 1.09 bits per heavy atom. The molecule has 3 aromatic rings. The molecule has 2 aromatic heterocycles. The van der Waals surface area contributed by atoms with Gasteiger partial charge in [0.05, 0.1) is 5.69 Å². The van der Waals surface area contributed by atoms with E-state index in [1.165, 1.54) is 0 Å². The van der Waals surface area contributed by atoms with Crippen LogP contribution >= 0.6 is 0 Å². The molecule has 0 unspecified atom stereocenters. The quantitative estimate of drug-likeness (QED) is 0.359. The summed E-state index contributed by atoms with van der Waals surface area (Å²) < 4.78 is 5.19. The number of alkyl carbamates (subject to hydrolysis) is 1. The van der Waals surface area contributed by atoms with E-state index in [1.54, 1.807) is 36.7 Å². The van der Waals surface area contributed by atoms with Crippen molar-refractivity contribution in [3.8, 4) is 11.3 Å². The third kappa shape index (κ3) is 7.05. The molecule has 1 aromatic carbocycles. The fourth-order valence-corrected chi connectivity index (χ4v) is 2.72. The minimum Gasteiger partial charge on any atom is -0.444 e. The largest absolute Gasteiger partial charge is 0.444 e. The van der Waals surface area contributed by atoms with Crippen molar-refractivity contribution in [2.45, 2.75) is 26.4 Å². The third-order valence-corrected chi connectivity index (χ3v) is 4.09. The molecule has 0 fully saturated rings. The molecule has 1 amide bonds. The lowest BCUT2D eigenvalue weighted by molar-refractivity contribution is 0.0530. The molecule has 0 radical (unpaired) electrons. The van der Waals surface area contributed by atoms with E-state index in [1.807, 2.05) is 39.0 Å². The maximum absolute atomic E-state index is 11.6. The zero-order chi connectivity index (χ0) is 23.0. The van der Waals surface area contributed by atoms with Crippen LogP contribution in [-0.2, 0) is 4.74 Å². The van der Waals surface area contributed by atoms with Gasteiger partial charge in [-0.05, 0) is 51.1 Å². The number of ether oxygens (including phenoxy) is 1. The summed E-state index contributed by atoms with van der Waals surface area (Å²) in [5.74, 6) is 1.10. The normalized spacial score (nSPS) is 10.8. The van der Waals surface area contributed by atoms with Crippen LogP contribution in [0.5, 0.6) is 0 Å². The molecule has 0 bridgehead atoms. The highest BCUT2D eigenvalue weighted by atomic mass is 16.6. The maximum Gasteiger partial charge on any atom is 0.407 e. The fourth-order valence-electron chi connectivity index (χ4n) is 2.72. The van der Waals surface area contributed by atoms with Crippen LogP contribution in [0, 0.1) is 0 Å². The topological polar surface area (TPSA) is 118 Å². The van der Waals surface area contributed by atoms with E-state index in [0.717, 1.165) is 17.5 Å². The van der Waals surface area contributed by atoms with Gasteiger partial charge in [-0.25, -0.2) is 19.7 Å². The van der Waals surface area contributed by atoms with E-state index < -0.39 is 11.7 Å². The molecule has 0 saturated carbocycles. The van der Waals surface area contributed by atoms with E-state index in [9.17, 15) is 9.59 Å². The smallest absolute Gasteiger partial charge is 0.407 e. The van der Waals surface area contributed by atoms with Crippen molar-refractivity contribution in [1.82, 2.24) is 20.3 Å². The Morgan fingerprint density at radius 3 is 2.66 bits per heavy atom. The van der Waals surface area contributed by atoms with E-state index >= 15 is 0 Å². The van der Waals surface area contributed by atoms with Crippen LogP contribution in [0.1, 0.15) is 31.1 Å². The average molecular weight is 435 g/mol. The Bertz CT molecular complexity index is 1060. The van der Waals surface area contributed by atoms with Gasteiger partial charge < -0.3 is 20.7 Å². The molecule has 32 heavy (non-hydrogen) atoms. The van der Waals surface area contributed by atoms with Crippen molar-refractivity contribution >= 4 is 29.8 Å². The molecule has 2 heterocycles. The van der Waals surface area contributed by atoms with Crippen LogP contribution in [0.4, 0.5) is 22.2 Å². The number of pyridine rings is 1. The summed E-state index contributed by atoms with van der Waals surface area (Å²) in [4.78, 5) is 35.7. The summed E-state index contributed by atoms with van der Waals surface area (Å²) in [6.07, 6.45) is 3.71. The van der Waals surface area contributed by atoms with Gasteiger partial charge in [-0.2, -0.15) is 0 Å². The van der Waals surface area contributed by atoms with Gasteiger partial charge in [0.15, 0.2) is 0 Å².